The number of carbonyl (C=O) groups excluding carboxylic acids is 1. The van der Waals surface area contributed by atoms with Crippen molar-refractivity contribution in [3.63, 3.8) is 0 Å². The van der Waals surface area contributed by atoms with Crippen LogP contribution in [0.25, 0.3) is 10.9 Å². The first-order valence-corrected chi connectivity index (χ1v) is 11.1. The van der Waals surface area contributed by atoms with Crippen LogP contribution < -0.4 is 5.43 Å². The van der Waals surface area contributed by atoms with Gasteiger partial charge in [-0.25, -0.2) is 4.98 Å². The third-order valence-corrected chi connectivity index (χ3v) is 5.74. The van der Waals surface area contributed by atoms with Gasteiger partial charge in [0.15, 0.2) is 0 Å². The normalized spacial score (nSPS) is 13.9. The minimum absolute atomic E-state index is 0.750. The van der Waals surface area contributed by atoms with Gasteiger partial charge >= 0.3 is 0 Å². The maximum absolute atomic E-state index is 9.43. The number of pyridine rings is 1. The molecule has 1 aromatic heterocycles. The zero-order valence-electron chi connectivity index (χ0n) is 20.3. The number of hydrogen-bond donors (Lipinski definition) is 1. The van der Waals surface area contributed by atoms with Crippen LogP contribution in [0.4, 0.5) is 5.82 Å². The Labute approximate surface area is 191 Å². The highest BCUT2D eigenvalue weighted by molar-refractivity contribution is 6.03. The summed E-state index contributed by atoms with van der Waals surface area (Å²) < 4.78 is 0. The second-order valence-electron chi connectivity index (χ2n) is 9.00. The lowest BCUT2D eigenvalue weighted by molar-refractivity contribution is -0.115. The summed E-state index contributed by atoms with van der Waals surface area (Å²) in [5, 5.41) is 6.00. The number of anilines is 1. The molecule has 168 valence electrons. The third kappa shape index (κ3) is 5.34. The van der Waals surface area contributed by atoms with Crippen molar-refractivity contribution in [1.82, 2.24) is 9.88 Å². The molecule has 1 heterocycles. The monoisotopic (exact) mass is 430 g/mol. The number of nitrogens with one attached hydrogen (secondary N) is 1. The maximum atomic E-state index is 9.43. The molecule has 32 heavy (non-hydrogen) atoms. The number of rotatable bonds is 3. The Balaban J connectivity index is 0.000000523. The minimum Gasteiger partial charge on any atom is -0.351 e. The number of amides is 1. The van der Waals surface area contributed by atoms with E-state index in [9.17, 15) is 4.79 Å². The molecule has 0 saturated heterocycles. The van der Waals surface area contributed by atoms with E-state index in [1.165, 1.54) is 49.2 Å². The molecule has 5 heteroatoms. The molecule has 3 aromatic rings. The Kier molecular flexibility index (Phi) is 7.29. The van der Waals surface area contributed by atoms with E-state index in [1.54, 1.807) is 14.1 Å². The van der Waals surface area contributed by atoms with E-state index < -0.39 is 0 Å². The van der Waals surface area contributed by atoms with Crippen LogP contribution in [-0.2, 0) is 11.2 Å². The van der Waals surface area contributed by atoms with Gasteiger partial charge in [-0.1, -0.05) is 23.3 Å². The lowest BCUT2D eigenvalue weighted by Crippen LogP contribution is -2.15. The summed E-state index contributed by atoms with van der Waals surface area (Å²) in [5.41, 5.74) is 14.6. The highest BCUT2D eigenvalue weighted by Gasteiger charge is 2.18. The van der Waals surface area contributed by atoms with E-state index in [-0.39, 0.29) is 0 Å². The van der Waals surface area contributed by atoms with Crippen LogP contribution in [-0.4, -0.2) is 36.1 Å². The van der Waals surface area contributed by atoms with E-state index in [0.717, 1.165) is 42.7 Å². The lowest BCUT2D eigenvalue weighted by atomic mass is 9.86. The van der Waals surface area contributed by atoms with E-state index in [4.69, 9.17) is 10.1 Å². The molecule has 0 fully saturated rings. The summed E-state index contributed by atoms with van der Waals surface area (Å²) in [5.74, 6) is 0.816. The second kappa shape index (κ2) is 9.94. The number of hydrogen-bond acceptors (Lipinski definition) is 4. The zero-order valence-corrected chi connectivity index (χ0v) is 20.3. The fourth-order valence-corrected chi connectivity index (χ4v) is 4.30. The molecule has 1 aliphatic rings. The van der Waals surface area contributed by atoms with Crippen LogP contribution in [0, 0.1) is 34.6 Å². The Bertz CT molecular complexity index is 1180. The van der Waals surface area contributed by atoms with E-state index in [2.05, 4.69) is 70.4 Å². The first kappa shape index (κ1) is 23.5. The SMILES string of the molecule is CN(C)C=O.Cc1cc(C)c2c(c1)C(=NNc1cc(C)c3cc(C)cc(C)c3n1)CCC2. The van der Waals surface area contributed by atoms with Crippen LogP contribution in [0.2, 0.25) is 0 Å². The van der Waals surface area contributed by atoms with Crippen LogP contribution in [0.5, 0.6) is 0 Å². The van der Waals surface area contributed by atoms with Crippen LogP contribution >= 0.6 is 0 Å². The molecule has 2 aromatic carbocycles. The Morgan fingerprint density at radius 1 is 0.906 bits per heavy atom. The second-order valence-corrected chi connectivity index (χ2v) is 9.00. The fraction of sp³-hybridized carbons (Fsp3) is 0.370. The largest absolute Gasteiger partial charge is 0.351 e. The van der Waals surface area contributed by atoms with Gasteiger partial charge in [0, 0.05) is 25.0 Å². The molecule has 0 bridgehead atoms. The molecule has 0 radical (unpaired) electrons. The number of fused-ring (bicyclic) bond motifs is 2. The minimum atomic E-state index is 0.750. The summed E-state index contributed by atoms with van der Waals surface area (Å²) in [6.07, 6.45) is 4.06. The van der Waals surface area contributed by atoms with Crippen molar-refractivity contribution in [3.05, 3.63) is 69.3 Å². The molecule has 1 amide bonds. The topological polar surface area (TPSA) is 57.6 Å². The Hall–Kier alpha value is -3.21. The van der Waals surface area contributed by atoms with Gasteiger partial charge in [-0.3, -0.25) is 10.2 Å². The molecule has 1 N–H and O–H groups in total. The molecule has 0 atom stereocenters. The van der Waals surface area contributed by atoms with Crippen molar-refractivity contribution in [2.24, 2.45) is 5.10 Å². The van der Waals surface area contributed by atoms with Crippen molar-refractivity contribution >= 4 is 28.8 Å². The third-order valence-electron chi connectivity index (χ3n) is 5.74. The number of hydrazone groups is 1. The summed E-state index contributed by atoms with van der Waals surface area (Å²) in [6, 6.07) is 11.0. The summed E-state index contributed by atoms with van der Waals surface area (Å²) in [4.78, 5) is 15.7. The van der Waals surface area contributed by atoms with Gasteiger partial charge in [0.05, 0.1) is 11.2 Å². The summed E-state index contributed by atoms with van der Waals surface area (Å²) in [6.45, 7) is 10.8. The molecule has 1 aliphatic carbocycles. The molecule has 0 aliphatic heterocycles. The van der Waals surface area contributed by atoms with Gasteiger partial charge in [0.1, 0.15) is 5.82 Å². The predicted octanol–water partition coefficient (Wildman–Crippen LogP) is 5.63. The zero-order chi connectivity index (χ0) is 23.4. The average molecular weight is 431 g/mol. The van der Waals surface area contributed by atoms with Crippen molar-refractivity contribution in [1.29, 1.82) is 0 Å². The lowest BCUT2D eigenvalue weighted by Gasteiger charge is -2.21. The number of aryl methyl sites for hydroxylation is 5. The van der Waals surface area contributed by atoms with Crippen molar-refractivity contribution in [3.8, 4) is 0 Å². The van der Waals surface area contributed by atoms with Crippen molar-refractivity contribution in [2.45, 2.75) is 53.9 Å². The number of aromatic nitrogens is 1. The van der Waals surface area contributed by atoms with E-state index >= 15 is 0 Å². The Morgan fingerprint density at radius 3 is 2.25 bits per heavy atom. The van der Waals surface area contributed by atoms with Gasteiger partial charge in [-0.15, -0.1) is 0 Å². The standard InChI is InChI=1S/C24H27N3.C3H7NO/c1-14-9-16(3)19-7-6-8-22(21(19)12-14)26-27-23-13-17(4)20-11-15(2)10-18(5)24(20)25-23;1-4(2)3-5/h9-13H,6-8H2,1-5H3,(H,25,27);3H,1-2H3. The smallest absolute Gasteiger partial charge is 0.209 e. The van der Waals surface area contributed by atoms with Gasteiger partial charge < -0.3 is 4.90 Å². The first-order valence-electron chi connectivity index (χ1n) is 11.1. The molecule has 0 unspecified atom stereocenters. The Morgan fingerprint density at radius 2 is 1.56 bits per heavy atom. The molecule has 4 rings (SSSR count). The van der Waals surface area contributed by atoms with Crippen molar-refractivity contribution < 1.29 is 4.79 Å². The average Bonchev–Trinajstić information content (AvgIpc) is 2.73. The summed E-state index contributed by atoms with van der Waals surface area (Å²) in [7, 11) is 3.38. The highest BCUT2D eigenvalue weighted by atomic mass is 16.1. The molecular formula is C27H34N4O. The number of nitrogens with zero attached hydrogens (tertiary/aromatic N) is 3. The quantitative estimate of drug-likeness (QED) is 0.432. The van der Waals surface area contributed by atoms with Gasteiger partial charge in [0.2, 0.25) is 6.41 Å². The molecular weight excluding hydrogens is 396 g/mol. The molecule has 0 spiro atoms. The number of benzene rings is 2. The van der Waals surface area contributed by atoms with Crippen LogP contribution in [0.15, 0.2) is 35.4 Å². The molecule has 0 saturated carbocycles. The first-order chi connectivity index (χ1) is 15.2. The van der Waals surface area contributed by atoms with Crippen LogP contribution in [0.1, 0.15) is 51.8 Å². The predicted molar refractivity (Wildman–Crippen MR) is 135 cm³/mol. The summed E-state index contributed by atoms with van der Waals surface area (Å²) >= 11 is 0. The van der Waals surface area contributed by atoms with Gasteiger partial charge in [-0.2, -0.15) is 5.10 Å². The maximum Gasteiger partial charge on any atom is 0.209 e. The highest BCUT2D eigenvalue weighted by Crippen LogP contribution is 2.27. The van der Waals surface area contributed by atoms with E-state index in [1.807, 2.05) is 0 Å². The van der Waals surface area contributed by atoms with Crippen molar-refractivity contribution in [2.75, 3.05) is 19.5 Å². The number of carbonyl (C=O) groups is 1. The van der Waals surface area contributed by atoms with Gasteiger partial charge in [0.25, 0.3) is 0 Å². The van der Waals surface area contributed by atoms with E-state index in [0.29, 0.717) is 0 Å². The fourth-order valence-electron chi connectivity index (χ4n) is 4.30. The van der Waals surface area contributed by atoms with Crippen LogP contribution in [0.3, 0.4) is 0 Å². The molecule has 5 nitrogen and oxygen atoms in total. The van der Waals surface area contributed by atoms with Gasteiger partial charge in [-0.05, 0) is 94.3 Å².